The molecule has 0 aliphatic carbocycles. The minimum absolute atomic E-state index is 0.0641. The van der Waals surface area contributed by atoms with E-state index in [1.165, 1.54) is 0 Å². The molecule has 1 unspecified atom stereocenters. The fourth-order valence-electron chi connectivity index (χ4n) is 2.20. The molecule has 0 aromatic heterocycles. The molecule has 2 N–H and O–H groups in total. The van der Waals surface area contributed by atoms with Crippen LogP contribution in [0.5, 0.6) is 5.75 Å². The summed E-state index contributed by atoms with van der Waals surface area (Å²) in [5.41, 5.74) is 9.63. The van der Waals surface area contributed by atoms with Gasteiger partial charge in [0.15, 0.2) is 0 Å². The second-order valence-electron chi connectivity index (χ2n) is 4.62. The molecular weight excluding hydrogens is 258 g/mol. The van der Waals surface area contributed by atoms with Gasteiger partial charge in [-0.25, -0.2) is 0 Å². The van der Waals surface area contributed by atoms with Crippen LogP contribution < -0.4 is 10.5 Å². The molecule has 0 bridgehead atoms. The SMILES string of the molecule is COc1ccc(C(N)Cc2ccccc2Cl)c(C)c1. The Morgan fingerprint density at radius 3 is 2.58 bits per heavy atom. The van der Waals surface area contributed by atoms with Crippen molar-refractivity contribution in [2.24, 2.45) is 5.73 Å². The Balaban J connectivity index is 2.21. The van der Waals surface area contributed by atoms with Gasteiger partial charge in [0.05, 0.1) is 7.11 Å². The number of methoxy groups -OCH3 is 1. The summed E-state index contributed by atoms with van der Waals surface area (Å²) in [6, 6.07) is 13.7. The van der Waals surface area contributed by atoms with Crippen LogP contribution in [0.2, 0.25) is 5.02 Å². The molecule has 2 aromatic rings. The van der Waals surface area contributed by atoms with Gasteiger partial charge < -0.3 is 10.5 Å². The largest absolute Gasteiger partial charge is 0.497 e. The van der Waals surface area contributed by atoms with E-state index >= 15 is 0 Å². The van der Waals surface area contributed by atoms with Crippen molar-refractivity contribution in [3.05, 3.63) is 64.2 Å². The molecule has 0 spiro atoms. The van der Waals surface area contributed by atoms with Crippen LogP contribution >= 0.6 is 11.6 Å². The van der Waals surface area contributed by atoms with Crippen LogP contribution in [-0.4, -0.2) is 7.11 Å². The molecule has 100 valence electrons. The van der Waals surface area contributed by atoms with Crippen LogP contribution in [0.4, 0.5) is 0 Å². The fourth-order valence-corrected chi connectivity index (χ4v) is 2.41. The van der Waals surface area contributed by atoms with Crippen LogP contribution in [0.1, 0.15) is 22.7 Å². The van der Waals surface area contributed by atoms with Crippen molar-refractivity contribution in [1.82, 2.24) is 0 Å². The number of ether oxygens (including phenoxy) is 1. The van der Waals surface area contributed by atoms with E-state index in [-0.39, 0.29) is 6.04 Å². The highest BCUT2D eigenvalue weighted by molar-refractivity contribution is 6.31. The highest BCUT2D eigenvalue weighted by Gasteiger charge is 2.12. The van der Waals surface area contributed by atoms with Crippen LogP contribution in [0, 0.1) is 6.92 Å². The first-order chi connectivity index (χ1) is 9.11. The molecule has 19 heavy (non-hydrogen) atoms. The van der Waals surface area contributed by atoms with Gasteiger partial charge >= 0.3 is 0 Å². The molecule has 0 fully saturated rings. The molecular formula is C16H18ClNO. The molecule has 0 aliphatic rings. The van der Waals surface area contributed by atoms with E-state index in [2.05, 4.69) is 0 Å². The summed E-state index contributed by atoms with van der Waals surface area (Å²) in [6.07, 6.45) is 0.729. The Hall–Kier alpha value is -1.51. The van der Waals surface area contributed by atoms with Gasteiger partial charge in [-0.3, -0.25) is 0 Å². The van der Waals surface area contributed by atoms with E-state index in [1.54, 1.807) is 7.11 Å². The minimum atomic E-state index is -0.0641. The number of benzene rings is 2. The van der Waals surface area contributed by atoms with Crippen LogP contribution in [0.15, 0.2) is 42.5 Å². The van der Waals surface area contributed by atoms with Crippen LogP contribution in [0.25, 0.3) is 0 Å². The summed E-state index contributed by atoms with van der Waals surface area (Å²) in [5, 5.41) is 0.768. The Morgan fingerprint density at radius 2 is 1.95 bits per heavy atom. The molecule has 0 amide bonds. The Kier molecular flexibility index (Phi) is 4.46. The van der Waals surface area contributed by atoms with Gasteiger partial charge in [-0.1, -0.05) is 35.9 Å². The summed E-state index contributed by atoms with van der Waals surface area (Å²) in [7, 11) is 1.66. The van der Waals surface area contributed by atoms with E-state index in [4.69, 9.17) is 22.1 Å². The molecule has 0 saturated heterocycles. The number of rotatable bonds is 4. The molecule has 0 saturated carbocycles. The van der Waals surface area contributed by atoms with Crippen molar-refractivity contribution < 1.29 is 4.74 Å². The topological polar surface area (TPSA) is 35.2 Å². The van der Waals surface area contributed by atoms with Crippen molar-refractivity contribution in [3.8, 4) is 5.75 Å². The summed E-state index contributed by atoms with van der Waals surface area (Å²) in [5.74, 6) is 0.853. The van der Waals surface area contributed by atoms with Crippen LogP contribution in [-0.2, 0) is 6.42 Å². The van der Waals surface area contributed by atoms with Gasteiger partial charge in [0, 0.05) is 11.1 Å². The monoisotopic (exact) mass is 275 g/mol. The van der Waals surface area contributed by atoms with Gasteiger partial charge in [-0.15, -0.1) is 0 Å². The predicted molar refractivity (Wildman–Crippen MR) is 79.8 cm³/mol. The summed E-state index contributed by atoms with van der Waals surface area (Å²) >= 11 is 6.17. The molecule has 1 atom stereocenters. The molecule has 0 radical (unpaired) electrons. The number of aryl methyl sites for hydroxylation is 1. The second kappa shape index (κ2) is 6.09. The molecule has 0 heterocycles. The molecule has 0 aliphatic heterocycles. The lowest BCUT2D eigenvalue weighted by Gasteiger charge is -2.16. The average molecular weight is 276 g/mol. The van der Waals surface area contributed by atoms with Gasteiger partial charge in [-0.05, 0) is 48.2 Å². The summed E-state index contributed by atoms with van der Waals surface area (Å²) < 4.78 is 5.21. The average Bonchev–Trinajstić information content (AvgIpc) is 2.41. The summed E-state index contributed by atoms with van der Waals surface area (Å²) in [4.78, 5) is 0. The van der Waals surface area contributed by atoms with E-state index in [9.17, 15) is 0 Å². The van der Waals surface area contributed by atoms with Crippen molar-refractivity contribution >= 4 is 11.6 Å². The lowest BCUT2D eigenvalue weighted by Crippen LogP contribution is -2.15. The Morgan fingerprint density at radius 1 is 1.21 bits per heavy atom. The molecule has 3 heteroatoms. The third kappa shape index (κ3) is 3.28. The normalized spacial score (nSPS) is 12.2. The van der Waals surface area contributed by atoms with Gasteiger partial charge in [-0.2, -0.15) is 0 Å². The maximum Gasteiger partial charge on any atom is 0.119 e. The first-order valence-electron chi connectivity index (χ1n) is 6.25. The number of hydrogen-bond donors (Lipinski definition) is 1. The molecule has 2 rings (SSSR count). The zero-order valence-corrected chi connectivity index (χ0v) is 11.9. The highest BCUT2D eigenvalue weighted by Crippen LogP contribution is 2.26. The van der Waals surface area contributed by atoms with Crippen molar-refractivity contribution in [3.63, 3.8) is 0 Å². The lowest BCUT2D eigenvalue weighted by molar-refractivity contribution is 0.414. The predicted octanol–water partition coefficient (Wildman–Crippen LogP) is 3.90. The zero-order chi connectivity index (χ0) is 13.8. The van der Waals surface area contributed by atoms with Crippen molar-refractivity contribution in [2.75, 3.05) is 7.11 Å². The molecule has 2 nitrogen and oxygen atoms in total. The Bertz CT molecular complexity index is 568. The number of hydrogen-bond acceptors (Lipinski definition) is 2. The quantitative estimate of drug-likeness (QED) is 0.918. The third-order valence-electron chi connectivity index (χ3n) is 3.27. The smallest absolute Gasteiger partial charge is 0.119 e. The third-order valence-corrected chi connectivity index (χ3v) is 3.64. The van der Waals surface area contributed by atoms with Gasteiger partial charge in [0.2, 0.25) is 0 Å². The first-order valence-corrected chi connectivity index (χ1v) is 6.63. The van der Waals surface area contributed by atoms with Gasteiger partial charge in [0.25, 0.3) is 0 Å². The lowest BCUT2D eigenvalue weighted by atomic mass is 9.96. The van der Waals surface area contributed by atoms with Crippen molar-refractivity contribution in [2.45, 2.75) is 19.4 Å². The van der Waals surface area contributed by atoms with E-state index < -0.39 is 0 Å². The number of halogens is 1. The van der Waals surface area contributed by atoms with Crippen molar-refractivity contribution in [1.29, 1.82) is 0 Å². The second-order valence-corrected chi connectivity index (χ2v) is 5.03. The Labute approximate surface area is 119 Å². The maximum absolute atomic E-state index is 6.29. The maximum atomic E-state index is 6.29. The van der Waals surface area contributed by atoms with Gasteiger partial charge in [0.1, 0.15) is 5.75 Å². The summed E-state index contributed by atoms with van der Waals surface area (Å²) in [6.45, 7) is 2.05. The van der Waals surface area contributed by atoms with E-state index in [0.717, 1.165) is 33.9 Å². The zero-order valence-electron chi connectivity index (χ0n) is 11.2. The fraction of sp³-hybridized carbons (Fsp3) is 0.250. The van der Waals surface area contributed by atoms with E-state index in [0.29, 0.717) is 0 Å². The highest BCUT2D eigenvalue weighted by atomic mass is 35.5. The minimum Gasteiger partial charge on any atom is -0.497 e. The number of nitrogens with two attached hydrogens (primary N) is 1. The standard InChI is InChI=1S/C16H18ClNO/c1-11-9-13(19-2)7-8-14(11)16(18)10-12-5-3-4-6-15(12)17/h3-9,16H,10,18H2,1-2H3. The van der Waals surface area contributed by atoms with E-state index in [1.807, 2.05) is 49.4 Å². The molecule has 2 aromatic carbocycles. The first kappa shape index (κ1) is 13.9. The van der Waals surface area contributed by atoms with Crippen LogP contribution in [0.3, 0.4) is 0 Å².